The van der Waals surface area contributed by atoms with Crippen molar-refractivity contribution in [2.75, 3.05) is 36.4 Å². The van der Waals surface area contributed by atoms with Gasteiger partial charge < -0.3 is 15.1 Å². The summed E-state index contributed by atoms with van der Waals surface area (Å²) in [5.41, 5.74) is 2.76. The van der Waals surface area contributed by atoms with Crippen molar-refractivity contribution in [3.63, 3.8) is 0 Å². The molecular weight excluding hydrogens is 414 g/mol. The van der Waals surface area contributed by atoms with E-state index in [4.69, 9.17) is 11.6 Å². The molecule has 2 amide bonds. The number of hydrogen-bond donors (Lipinski definition) is 1. The van der Waals surface area contributed by atoms with Crippen LogP contribution < -0.4 is 10.2 Å². The summed E-state index contributed by atoms with van der Waals surface area (Å²) in [6.45, 7) is 4.43. The molecule has 0 bridgehead atoms. The molecule has 1 fully saturated rings. The fourth-order valence-corrected chi connectivity index (χ4v) is 3.57. The van der Waals surface area contributed by atoms with E-state index in [0.717, 1.165) is 11.3 Å². The quantitative estimate of drug-likeness (QED) is 0.676. The van der Waals surface area contributed by atoms with Gasteiger partial charge in [0.25, 0.3) is 11.8 Å². The van der Waals surface area contributed by atoms with Gasteiger partial charge in [0.15, 0.2) is 11.5 Å². The predicted molar refractivity (Wildman–Crippen MR) is 121 cm³/mol. The largest absolute Gasteiger partial charge is 0.368 e. The minimum absolute atomic E-state index is 0.142. The second-order valence-corrected chi connectivity index (χ2v) is 7.77. The molecular formula is C23H22ClN5O2. The van der Waals surface area contributed by atoms with Crippen LogP contribution in [0.1, 0.15) is 26.4 Å². The van der Waals surface area contributed by atoms with E-state index in [9.17, 15) is 9.59 Å². The average molecular weight is 436 g/mol. The molecule has 4 rings (SSSR count). The number of nitrogens with zero attached hydrogens (tertiary/aromatic N) is 4. The van der Waals surface area contributed by atoms with E-state index in [1.54, 1.807) is 17.0 Å². The van der Waals surface area contributed by atoms with Crippen molar-refractivity contribution in [2.45, 2.75) is 6.92 Å². The highest BCUT2D eigenvalue weighted by Crippen LogP contribution is 2.21. The fourth-order valence-electron chi connectivity index (χ4n) is 3.44. The van der Waals surface area contributed by atoms with Gasteiger partial charge in [0.2, 0.25) is 0 Å². The first-order valence-electron chi connectivity index (χ1n) is 10.00. The minimum Gasteiger partial charge on any atom is -0.368 e. The van der Waals surface area contributed by atoms with Crippen LogP contribution in [0.4, 0.5) is 11.5 Å². The van der Waals surface area contributed by atoms with Crippen LogP contribution in [0.5, 0.6) is 0 Å². The second kappa shape index (κ2) is 9.14. The van der Waals surface area contributed by atoms with E-state index in [-0.39, 0.29) is 23.3 Å². The van der Waals surface area contributed by atoms with Gasteiger partial charge in [-0.2, -0.15) is 0 Å². The number of amides is 2. The number of carbonyl (C=O) groups excluding carboxylic acids is 2. The Morgan fingerprint density at radius 2 is 1.55 bits per heavy atom. The Morgan fingerprint density at radius 3 is 2.23 bits per heavy atom. The average Bonchev–Trinajstić information content (AvgIpc) is 2.80. The highest BCUT2D eigenvalue weighted by Gasteiger charge is 2.26. The summed E-state index contributed by atoms with van der Waals surface area (Å²) >= 11 is 5.97. The predicted octanol–water partition coefficient (Wildman–Crippen LogP) is 3.65. The molecule has 1 aromatic heterocycles. The molecule has 31 heavy (non-hydrogen) atoms. The number of aromatic nitrogens is 2. The van der Waals surface area contributed by atoms with E-state index >= 15 is 0 Å². The smallest absolute Gasteiger partial charge is 0.276 e. The van der Waals surface area contributed by atoms with E-state index in [2.05, 4.69) is 20.2 Å². The van der Waals surface area contributed by atoms with Gasteiger partial charge in [-0.25, -0.2) is 9.97 Å². The first kappa shape index (κ1) is 20.8. The van der Waals surface area contributed by atoms with Crippen molar-refractivity contribution in [1.29, 1.82) is 0 Å². The highest BCUT2D eigenvalue weighted by molar-refractivity contribution is 6.30. The number of carbonyl (C=O) groups is 2. The summed E-state index contributed by atoms with van der Waals surface area (Å²) in [5, 5.41) is 3.42. The maximum atomic E-state index is 13.1. The Bertz CT molecular complexity index is 1080. The zero-order valence-electron chi connectivity index (χ0n) is 17.1. The molecule has 0 radical (unpaired) electrons. The van der Waals surface area contributed by atoms with Gasteiger partial charge in [-0.1, -0.05) is 29.3 Å². The number of rotatable bonds is 4. The SMILES string of the molecule is Cc1ccc(C(=O)Nc2nccnc2C(=O)N2CCN(c3ccc(Cl)cc3)CC2)cc1. The van der Waals surface area contributed by atoms with Crippen molar-refractivity contribution in [3.8, 4) is 0 Å². The summed E-state index contributed by atoms with van der Waals surface area (Å²) in [4.78, 5) is 38.0. The fraction of sp³-hybridized carbons (Fsp3) is 0.217. The second-order valence-electron chi connectivity index (χ2n) is 7.33. The van der Waals surface area contributed by atoms with Crippen molar-refractivity contribution in [1.82, 2.24) is 14.9 Å². The molecule has 0 saturated carbocycles. The molecule has 2 aromatic carbocycles. The lowest BCUT2D eigenvalue weighted by Gasteiger charge is -2.36. The minimum atomic E-state index is -0.331. The lowest BCUT2D eigenvalue weighted by molar-refractivity contribution is 0.0741. The third kappa shape index (κ3) is 4.83. The molecule has 1 aliphatic rings. The Balaban J connectivity index is 1.44. The first-order valence-corrected chi connectivity index (χ1v) is 10.4. The first-order chi connectivity index (χ1) is 15.0. The lowest BCUT2D eigenvalue weighted by Crippen LogP contribution is -2.49. The lowest BCUT2D eigenvalue weighted by atomic mass is 10.1. The van der Waals surface area contributed by atoms with Crippen LogP contribution in [0.25, 0.3) is 0 Å². The third-order valence-corrected chi connectivity index (χ3v) is 5.46. The van der Waals surface area contributed by atoms with Crippen molar-refractivity contribution >= 4 is 34.9 Å². The highest BCUT2D eigenvalue weighted by atomic mass is 35.5. The zero-order chi connectivity index (χ0) is 21.8. The number of hydrogen-bond acceptors (Lipinski definition) is 5. The van der Waals surface area contributed by atoms with Gasteiger partial charge in [0.05, 0.1) is 0 Å². The number of benzene rings is 2. The molecule has 8 heteroatoms. The molecule has 1 aliphatic heterocycles. The number of halogens is 1. The van der Waals surface area contributed by atoms with Gasteiger partial charge in [0, 0.05) is 54.8 Å². The third-order valence-electron chi connectivity index (χ3n) is 5.21. The van der Waals surface area contributed by atoms with E-state index in [1.807, 2.05) is 43.3 Å². The Labute approximate surface area is 185 Å². The van der Waals surface area contributed by atoms with Crippen LogP contribution in [-0.4, -0.2) is 52.9 Å². The molecule has 7 nitrogen and oxygen atoms in total. The van der Waals surface area contributed by atoms with Gasteiger partial charge in [-0.15, -0.1) is 0 Å². The van der Waals surface area contributed by atoms with Crippen LogP contribution in [0.3, 0.4) is 0 Å². The van der Waals surface area contributed by atoms with Crippen LogP contribution in [0.15, 0.2) is 60.9 Å². The standard InChI is InChI=1S/C23H22ClN5O2/c1-16-2-4-17(5-3-16)22(30)27-21-20(25-10-11-26-21)23(31)29-14-12-28(13-15-29)19-8-6-18(24)7-9-19/h2-11H,12-15H2,1H3,(H,26,27,30). The van der Waals surface area contributed by atoms with Gasteiger partial charge in [-0.05, 0) is 43.3 Å². The van der Waals surface area contributed by atoms with Gasteiger partial charge in [-0.3, -0.25) is 9.59 Å². The summed E-state index contributed by atoms with van der Waals surface area (Å²) in [7, 11) is 0. The number of nitrogens with one attached hydrogen (secondary N) is 1. The molecule has 1 saturated heterocycles. The molecule has 158 valence electrons. The molecule has 0 aliphatic carbocycles. The Hall–Kier alpha value is -3.45. The van der Waals surface area contributed by atoms with E-state index < -0.39 is 0 Å². The normalized spacial score (nSPS) is 13.7. The van der Waals surface area contributed by atoms with Crippen LogP contribution in [0.2, 0.25) is 5.02 Å². The molecule has 0 unspecified atom stereocenters. The molecule has 2 heterocycles. The monoisotopic (exact) mass is 435 g/mol. The maximum absolute atomic E-state index is 13.1. The van der Waals surface area contributed by atoms with Gasteiger partial charge >= 0.3 is 0 Å². The topological polar surface area (TPSA) is 78.4 Å². The molecule has 0 atom stereocenters. The summed E-state index contributed by atoms with van der Waals surface area (Å²) < 4.78 is 0. The summed E-state index contributed by atoms with van der Waals surface area (Å²) in [6.07, 6.45) is 2.92. The summed E-state index contributed by atoms with van der Waals surface area (Å²) in [5.74, 6) is -0.414. The van der Waals surface area contributed by atoms with Crippen molar-refractivity contribution in [2.24, 2.45) is 0 Å². The Kier molecular flexibility index (Phi) is 6.13. The van der Waals surface area contributed by atoms with E-state index in [1.165, 1.54) is 12.4 Å². The summed E-state index contributed by atoms with van der Waals surface area (Å²) in [6, 6.07) is 14.9. The molecule has 0 spiro atoms. The zero-order valence-corrected chi connectivity index (χ0v) is 17.8. The van der Waals surface area contributed by atoms with Crippen LogP contribution >= 0.6 is 11.6 Å². The number of anilines is 2. The number of aryl methyl sites for hydroxylation is 1. The van der Waals surface area contributed by atoms with Crippen molar-refractivity contribution < 1.29 is 9.59 Å². The van der Waals surface area contributed by atoms with E-state index in [0.29, 0.717) is 36.8 Å². The van der Waals surface area contributed by atoms with Crippen molar-refractivity contribution in [3.05, 3.63) is 82.8 Å². The van der Waals surface area contributed by atoms with Crippen LogP contribution in [0, 0.1) is 6.92 Å². The van der Waals surface area contributed by atoms with Gasteiger partial charge in [0.1, 0.15) is 0 Å². The van der Waals surface area contributed by atoms with Crippen LogP contribution in [-0.2, 0) is 0 Å². The molecule has 1 N–H and O–H groups in total. The molecule has 3 aromatic rings. The maximum Gasteiger partial charge on any atom is 0.276 e. The Morgan fingerprint density at radius 1 is 0.903 bits per heavy atom. The number of piperazine rings is 1.